The van der Waals surface area contributed by atoms with Crippen molar-refractivity contribution >= 4 is 11.6 Å². The van der Waals surface area contributed by atoms with Crippen molar-refractivity contribution in [2.45, 2.75) is 32.3 Å². The third-order valence-electron chi connectivity index (χ3n) is 2.99. The molecule has 0 saturated carbocycles. The van der Waals surface area contributed by atoms with E-state index in [0.29, 0.717) is 19.0 Å². The van der Waals surface area contributed by atoms with Crippen molar-refractivity contribution < 1.29 is 5.11 Å². The van der Waals surface area contributed by atoms with Gasteiger partial charge in [-0.15, -0.1) is 0 Å². The summed E-state index contributed by atoms with van der Waals surface area (Å²) in [6.45, 7) is 7.03. The van der Waals surface area contributed by atoms with E-state index in [2.05, 4.69) is 34.4 Å². The van der Waals surface area contributed by atoms with Crippen LogP contribution < -0.4 is 10.6 Å². The average Bonchev–Trinajstić information content (AvgIpc) is 2.34. The van der Waals surface area contributed by atoms with Crippen LogP contribution in [0.3, 0.4) is 0 Å². The van der Waals surface area contributed by atoms with E-state index in [4.69, 9.17) is 0 Å². The molecule has 0 saturated heterocycles. The SMILES string of the molecule is CNc1ncnc(NCC(C)(O)CN(C)C)c1C(C)C. The Kier molecular flexibility index (Phi) is 5.71. The average molecular weight is 281 g/mol. The van der Waals surface area contributed by atoms with E-state index in [9.17, 15) is 5.11 Å². The fourth-order valence-corrected chi connectivity index (χ4v) is 2.29. The van der Waals surface area contributed by atoms with Crippen molar-refractivity contribution in [3.63, 3.8) is 0 Å². The number of nitrogens with one attached hydrogen (secondary N) is 2. The molecule has 0 bridgehead atoms. The van der Waals surface area contributed by atoms with Crippen LogP contribution in [0.15, 0.2) is 6.33 Å². The summed E-state index contributed by atoms with van der Waals surface area (Å²) in [6, 6.07) is 0. The number of likely N-dealkylation sites (N-methyl/N-ethyl adjacent to an activating group) is 1. The first-order valence-corrected chi connectivity index (χ1v) is 6.90. The van der Waals surface area contributed by atoms with Gasteiger partial charge < -0.3 is 20.6 Å². The highest BCUT2D eigenvalue weighted by molar-refractivity contribution is 5.58. The van der Waals surface area contributed by atoms with Gasteiger partial charge in [0.15, 0.2) is 0 Å². The van der Waals surface area contributed by atoms with E-state index in [1.807, 2.05) is 33.0 Å². The molecule has 3 N–H and O–H groups in total. The van der Waals surface area contributed by atoms with E-state index in [1.165, 1.54) is 6.33 Å². The van der Waals surface area contributed by atoms with Crippen LogP contribution in [-0.2, 0) is 0 Å². The highest BCUT2D eigenvalue weighted by atomic mass is 16.3. The Labute approximate surface area is 121 Å². The van der Waals surface area contributed by atoms with Crippen LogP contribution in [0.1, 0.15) is 32.3 Å². The Balaban J connectivity index is 2.87. The molecule has 1 unspecified atom stereocenters. The van der Waals surface area contributed by atoms with Crippen LogP contribution in [-0.4, -0.2) is 59.8 Å². The van der Waals surface area contributed by atoms with Crippen molar-refractivity contribution in [1.29, 1.82) is 0 Å². The molecule has 1 aromatic rings. The predicted octanol–water partition coefficient (Wildman–Crippen LogP) is 1.37. The largest absolute Gasteiger partial charge is 0.387 e. The maximum absolute atomic E-state index is 10.3. The van der Waals surface area contributed by atoms with Gasteiger partial charge in [-0.2, -0.15) is 0 Å². The molecule has 114 valence electrons. The molecule has 0 aliphatic heterocycles. The van der Waals surface area contributed by atoms with Gasteiger partial charge >= 0.3 is 0 Å². The normalized spacial score (nSPS) is 14.4. The first-order chi connectivity index (χ1) is 9.26. The Bertz CT molecular complexity index is 432. The van der Waals surface area contributed by atoms with Crippen LogP contribution in [0, 0.1) is 0 Å². The lowest BCUT2D eigenvalue weighted by Gasteiger charge is -2.28. The number of nitrogens with zero attached hydrogens (tertiary/aromatic N) is 3. The van der Waals surface area contributed by atoms with E-state index < -0.39 is 5.60 Å². The number of hydrogen-bond acceptors (Lipinski definition) is 6. The van der Waals surface area contributed by atoms with Crippen molar-refractivity contribution in [1.82, 2.24) is 14.9 Å². The molecule has 0 aromatic carbocycles. The summed E-state index contributed by atoms with van der Waals surface area (Å²) in [5.74, 6) is 1.89. The Hall–Kier alpha value is -1.40. The molecule has 0 aliphatic rings. The van der Waals surface area contributed by atoms with E-state index >= 15 is 0 Å². The first kappa shape index (κ1) is 16.7. The molecule has 0 fully saturated rings. The molecule has 20 heavy (non-hydrogen) atoms. The number of aliphatic hydroxyl groups is 1. The van der Waals surface area contributed by atoms with Crippen molar-refractivity contribution in [3.05, 3.63) is 11.9 Å². The number of rotatable bonds is 7. The minimum absolute atomic E-state index is 0.292. The summed E-state index contributed by atoms with van der Waals surface area (Å²) < 4.78 is 0. The van der Waals surface area contributed by atoms with Crippen LogP contribution >= 0.6 is 0 Å². The number of anilines is 2. The number of aromatic nitrogens is 2. The minimum Gasteiger partial charge on any atom is -0.387 e. The highest BCUT2D eigenvalue weighted by Gasteiger charge is 2.22. The van der Waals surface area contributed by atoms with Crippen LogP contribution in [0.5, 0.6) is 0 Å². The van der Waals surface area contributed by atoms with Gasteiger partial charge in [0.25, 0.3) is 0 Å². The highest BCUT2D eigenvalue weighted by Crippen LogP contribution is 2.28. The Morgan fingerprint density at radius 2 is 1.90 bits per heavy atom. The predicted molar refractivity (Wildman–Crippen MR) is 83.3 cm³/mol. The summed E-state index contributed by atoms with van der Waals surface area (Å²) in [6.07, 6.45) is 1.53. The van der Waals surface area contributed by atoms with Gasteiger partial charge in [0.1, 0.15) is 18.0 Å². The fraction of sp³-hybridized carbons (Fsp3) is 0.714. The standard InChI is InChI=1S/C14H27N5O/c1-10(2)11-12(15-4)17-9-18-13(11)16-7-14(3,20)8-19(5)6/h9-10,20H,7-8H2,1-6H3,(H2,15,16,17,18). The maximum atomic E-state index is 10.3. The summed E-state index contributed by atoms with van der Waals surface area (Å²) in [7, 11) is 5.73. The van der Waals surface area contributed by atoms with E-state index in [1.54, 1.807) is 0 Å². The monoisotopic (exact) mass is 281 g/mol. The molecule has 1 heterocycles. The zero-order valence-electron chi connectivity index (χ0n) is 13.4. The van der Waals surface area contributed by atoms with E-state index in [0.717, 1.165) is 17.2 Å². The molecule has 1 atom stereocenters. The summed E-state index contributed by atoms with van der Waals surface area (Å²) in [5.41, 5.74) is 0.221. The zero-order valence-corrected chi connectivity index (χ0v) is 13.4. The second-order valence-corrected chi connectivity index (χ2v) is 5.98. The van der Waals surface area contributed by atoms with Gasteiger partial charge in [-0.05, 0) is 26.9 Å². The molecule has 0 aliphatic carbocycles. The van der Waals surface area contributed by atoms with Crippen LogP contribution in [0.4, 0.5) is 11.6 Å². The zero-order chi connectivity index (χ0) is 15.3. The summed E-state index contributed by atoms with van der Waals surface area (Å²) in [4.78, 5) is 10.5. The summed E-state index contributed by atoms with van der Waals surface area (Å²) >= 11 is 0. The Morgan fingerprint density at radius 1 is 1.30 bits per heavy atom. The summed E-state index contributed by atoms with van der Waals surface area (Å²) in [5, 5.41) is 16.7. The van der Waals surface area contributed by atoms with Crippen molar-refractivity contribution in [2.24, 2.45) is 0 Å². The van der Waals surface area contributed by atoms with E-state index in [-0.39, 0.29) is 0 Å². The number of hydrogen-bond donors (Lipinski definition) is 3. The lowest BCUT2D eigenvalue weighted by molar-refractivity contribution is 0.0459. The quantitative estimate of drug-likeness (QED) is 0.701. The van der Waals surface area contributed by atoms with Crippen LogP contribution in [0.25, 0.3) is 0 Å². The van der Waals surface area contributed by atoms with Gasteiger partial charge in [-0.3, -0.25) is 0 Å². The third-order valence-corrected chi connectivity index (χ3v) is 2.99. The van der Waals surface area contributed by atoms with Gasteiger partial charge in [-0.1, -0.05) is 13.8 Å². The smallest absolute Gasteiger partial charge is 0.135 e. The molecule has 6 heteroatoms. The first-order valence-electron chi connectivity index (χ1n) is 6.90. The Morgan fingerprint density at radius 3 is 2.40 bits per heavy atom. The second-order valence-electron chi connectivity index (χ2n) is 5.98. The topological polar surface area (TPSA) is 73.3 Å². The molecule has 1 aromatic heterocycles. The molecule has 0 spiro atoms. The third kappa shape index (κ3) is 4.61. The molecule has 6 nitrogen and oxygen atoms in total. The molecule has 0 amide bonds. The van der Waals surface area contributed by atoms with Crippen molar-refractivity contribution in [3.8, 4) is 0 Å². The minimum atomic E-state index is -0.817. The van der Waals surface area contributed by atoms with Crippen LogP contribution in [0.2, 0.25) is 0 Å². The molecular formula is C14H27N5O. The van der Waals surface area contributed by atoms with Gasteiger partial charge in [-0.25, -0.2) is 9.97 Å². The maximum Gasteiger partial charge on any atom is 0.135 e. The van der Waals surface area contributed by atoms with Crippen molar-refractivity contribution in [2.75, 3.05) is 44.9 Å². The van der Waals surface area contributed by atoms with Gasteiger partial charge in [0.05, 0.1) is 5.60 Å². The lowest BCUT2D eigenvalue weighted by Crippen LogP contribution is -2.43. The molecule has 1 rings (SSSR count). The second kappa shape index (κ2) is 6.85. The lowest BCUT2D eigenvalue weighted by atomic mass is 10.0. The molecule has 0 radical (unpaired) electrons. The van der Waals surface area contributed by atoms with Gasteiger partial charge in [0.2, 0.25) is 0 Å². The molecular weight excluding hydrogens is 254 g/mol. The van der Waals surface area contributed by atoms with Gasteiger partial charge in [0, 0.05) is 25.7 Å². The fourth-order valence-electron chi connectivity index (χ4n) is 2.29.